The van der Waals surface area contributed by atoms with Crippen molar-refractivity contribution in [2.75, 3.05) is 6.54 Å². The van der Waals surface area contributed by atoms with Gasteiger partial charge in [0.2, 0.25) is 0 Å². The molecule has 0 fully saturated rings. The van der Waals surface area contributed by atoms with Gasteiger partial charge in [0.15, 0.2) is 0 Å². The number of benzene rings is 3. The first kappa shape index (κ1) is 19.1. The fourth-order valence-electron chi connectivity index (χ4n) is 2.57. The summed E-state index contributed by atoms with van der Waals surface area (Å²) in [4.78, 5) is 0.0965. The molecule has 27 heavy (non-hydrogen) atoms. The van der Waals surface area contributed by atoms with Gasteiger partial charge < -0.3 is 14.6 Å². The molecule has 0 saturated carbocycles. The Bertz CT molecular complexity index is 942. The van der Waals surface area contributed by atoms with Gasteiger partial charge in [0, 0.05) is 13.1 Å². The minimum atomic E-state index is -3.87. The van der Waals surface area contributed by atoms with Gasteiger partial charge in [0.05, 0.1) is 6.10 Å². The van der Waals surface area contributed by atoms with Crippen molar-refractivity contribution >= 4 is 10.1 Å². The Balaban J connectivity index is 1.56. The first-order chi connectivity index (χ1) is 13.0. The summed E-state index contributed by atoms with van der Waals surface area (Å²) in [5.74, 6) is 0.201. The number of nitrogens with one attached hydrogen (secondary N) is 1. The molecular formula is C21H21NO4S. The lowest BCUT2D eigenvalue weighted by Gasteiger charge is -2.13. The molecule has 5 nitrogen and oxygen atoms in total. The largest absolute Gasteiger partial charge is 0.387 e. The molecule has 0 saturated heterocycles. The summed E-state index contributed by atoms with van der Waals surface area (Å²) >= 11 is 0. The van der Waals surface area contributed by atoms with E-state index < -0.39 is 16.2 Å². The molecule has 3 aromatic carbocycles. The molecule has 0 aliphatic carbocycles. The Morgan fingerprint density at radius 2 is 1.44 bits per heavy atom. The van der Waals surface area contributed by atoms with E-state index in [0.29, 0.717) is 18.7 Å². The van der Waals surface area contributed by atoms with Gasteiger partial charge in [0.25, 0.3) is 0 Å². The van der Waals surface area contributed by atoms with Crippen molar-refractivity contribution in [3.8, 4) is 5.75 Å². The second-order valence-corrected chi connectivity index (χ2v) is 7.60. The Hall–Kier alpha value is -2.67. The SMILES string of the molecule is O=S(=O)(Oc1ccc([C@@H](O)CNCc2ccccc2)cc1)c1ccccc1. The van der Waals surface area contributed by atoms with E-state index in [1.165, 1.54) is 24.3 Å². The predicted molar refractivity (Wildman–Crippen MR) is 104 cm³/mol. The van der Waals surface area contributed by atoms with Crippen molar-refractivity contribution in [2.45, 2.75) is 17.5 Å². The Labute approximate surface area is 159 Å². The molecule has 3 rings (SSSR count). The first-order valence-electron chi connectivity index (χ1n) is 8.57. The van der Waals surface area contributed by atoms with Crippen LogP contribution < -0.4 is 9.50 Å². The normalized spacial score (nSPS) is 12.5. The van der Waals surface area contributed by atoms with Crippen molar-refractivity contribution in [3.05, 3.63) is 96.1 Å². The van der Waals surface area contributed by atoms with Crippen LogP contribution in [0.25, 0.3) is 0 Å². The lowest BCUT2D eigenvalue weighted by molar-refractivity contribution is 0.174. The van der Waals surface area contributed by atoms with E-state index in [-0.39, 0.29) is 10.6 Å². The van der Waals surface area contributed by atoms with Crippen LogP contribution in [0.3, 0.4) is 0 Å². The molecule has 0 amide bonds. The van der Waals surface area contributed by atoms with Crippen LogP contribution in [0, 0.1) is 0 Å². The standard InChI is InChI=1S/C21H21NO4S/c23-21(16-22-15-17-7-3-1-4-8-17)18-11-13-19(14-12-18)26-27(24,25)20-9-5-2-6-10-20/h1-14,21-23H,15-16H2/t21-/m0/s1. The van der Waals surface area contributed by atoms with Crippen LogP contribution in [0.5, 0.6) is 5.75 Å². The fraction of sp³-hybridized carbons (Fsp3) is 0.143. The highest BCUT2D eigenvalue weighted by Crippen LogP contribution is 2.21. The lowest BCUT2D eigenvalue weighted by Crippen LogP contribution is -2.21. The summed E-state index contributed by atoms with van der Waals surface area (Å²) in [6.45, 7) is 1.05. The predicted octanol–water partition coefficient (Wildman–Crippen LogP) is 3.28. The first-order valence-corrected chi connectivity index (χ1v) is 9.98. The van der Waals surface area contributed by atoms with Crippen molar-refractivity contribution in [3.63, 3.8) is 0 Å². The zero-order valence-corrected chi connectivity index (χ0v) is 15.5. The van der Waals surface area contributed by atoms with Crippen LogP contribution in [0.4, 0.5) is 0 Å². The summed E-state index contributed by atoms with van der Waals surface area (Å²) in [5.41, 5.74) is 1.82. The average molecular weight is 383 g/mol. The van der Waals surface area contributed by atoms with Gasteiger partial charge in [-0.05, 0) is 35.4 Å². The molecule has 2 N–H and O–H groups in total. The van der Waals surface area contributed by atoms with E-state index >= 15 is 0 Å². The topological polar surface area (TPSA) is 75.6 Å². The van der Waals surface area contributed by atoms with Gasteiger partial charge >= 0.3 is 10.1 Å². The quantitative estimate of drug-likeness (QED) is 0.584. The van der Waals surface area contributed by atoms with E-state index in [9.17, 15) is 13.5 Å². The van der Waals surface area contributed by atoms with Crippen molar-refractivity contribution in [1.82, 2.24) is 5.32 Å². The van der Waals surface area contributed by atoms with E-state index in [2.05, 4.69) is 5.32 Å². The van der Waals surface area contributed by atoms with Crippen LogP contribution >= 0.6 is 0 Å². The van der Waals surface area contributed by atoms with Crippen LogP contribution in [-0.2, 0) is 16.7 Å². The molecule has 0 unspecified atom stereocenters. The molecule has 0 radical (unpaired) electrons. The minimum Gasteiger partial charge on any atom is -0.387 e. The number of hydrogen-bond acceptors (Lipinski definition) is 5. The zero-order valence-electron chi connectivity index (χ0n) is 14.7. The molecular weight excluding hydrogens is 362 g/mol. The van der Waals surface area contributed by atoms with E-state index in [1.54, 1.807) is 30.3 Å². The minimum absolute atomic E-state index is 0.0965. The molecule has 3 aromatic rings. The number of aliphatic hydroxyl groups is 1. The maximum absolute atomic E-state index is 12.2. The third-order valence-corrected chi connectivity index (χ3v) is 5.27. The summed E-state index contributed by atoms with van der Waals surface area (Å²) in [6, 6.07) is 24.3. The third-order valence-electron chi connectivity index (χ3n) is 4.01. The molecule has 140 valence electrons. The summed E-state index contributed by atoms with van der Waals surface area (Å²) in [5, 5.41) is 13.5. The van der Waals surface area contributed by atoms with Gasteiger partial charge in [-0.15, -0.1) is 0 Å². The molecule has 0 aliphatic heterocycles. The van der Waals surface area contributed by atoms with E-state index in [4.69, 9.17) is 4.18 Å². The smallest absolute Gasteiger partial charge is 0.339 e. The van der Waals surface area contributed by atoms with Crippen LogP contribution in [0.1, 0.15) is 17.2 Å². The Morgan fingerprint density at radius 1 is 0.852 bits per heavy atom. The second-order valence-electron chi connectivity index (χ2n) is 6.05. The average Bonchev–Trinajstić information content (AvgIpc) is 2.70. The van der Waals surface area contributed by atoms with Crippen LogP contribution in [0.15, 0.2) is 89.8 Å². The summed E-state index contributed by atoms with van der Waals surface area (Å²) in [7, 11) is -3.87. The molecule has 0 spiro atoms. The van der Waals surface area contributed by atoms with E-state index in [1.807, 2.05) is 30.3 Å². The molecule has 6 heteroatoms. The van der Waals surface area contributed by atoms with Gasteiger partial charge in [-0.1, -0.05) is 60.7 Å². The molecule has 0 aromatic heterocycles. The molecule has 0 bridgehead atoms. The third kappa shape index (κ3) is 5.40. The number of rotatable bonds is 8. The highest BCUT2D eigenvalue weighted by atomic mass is 32.2. The zero-order chi connectivity index (χ0) is 19.1. The molecule has 0 heterocycles. The summed E-state index contributed by atoms with van der Waals surface area (Å²) < 4.78 is 29.6. The number of hydrogen-bond donors (Lipinski definition) is 2. The highest BCUT2D eigenvalue weighted by Gasteiger charge is 2.16. The highest BCUT2D eigenvalue weighted by molar-refractivity contribution is 7.87. The molecule has 0 aliphatic rings. The van der Waals surface area contributed by atoms with Gasteiger partial charge in [-0.25, -0.2) is 0 Å². The maximum Gasteiger partial charge on any atom is 0.339 e. The Morgan fingerprint density at radius 3 is 2.07 bits per heavy atom. The molecule has 1 atom stereocenters. The van der Waals surface area contributed by atoms with Crippen LogP contribution in [-0.4, -0.2) is 20.1 Å². The van der Waals surface area contributed by atoms with Crippen molar-refractivity contribution in [2.24, 2.45) is 0 Å². The maximum atomic E-state index is 12.2. The second kappa shape index (κ2) is 8.81. The van der Waals surface area contributed by atoms with Crippen molar-refractivity contribution < 1.29 is 17.7 Å². The van der Waals surface area contributed by atoms with Gasteiger partial charge in [0.1, 0.15) is 10.6 Å². The van der Waals surface area contributed by atoms with Gasteiger partial charge in [-0.2, -0.15) is 8.42 Å². The van der Waals surface area contributed by atoms with Crippen LogP contribution in [0.2, 0.25) is 0 Å². The Kier molecular flexibility index (Phi) is 6.24. The van der Waals surface area contributed by atoms with Crippen molar-refractivity contribution in [1.29, 1.82) is 0 Å². The van der Waals surface area contributed by atoms with E-state index in [0.717, 1.165) is 5.56 Å². The lowest BCUT2D eigenvalue weighted by atomic mass is 10.1. The monoisotopic (exact) mass is 383 g/mol. The summed E-state index contributed by atoms with van der Waals surface area (Å²) in [6.07, 6.45) is -0.700. The number of aliphatic hydroxyl groups excluding tert-OH is 1. The van der Waals surface area contributed by atoms with Gasteiger partial charge in [-0.3, -0.25) is 0 Å². The fourth-order valence-corrected chi connectivity index (χ4v) is 3.53.